The molecule has 1 saturated carbocycles. The van der Waals surface area contributed by atoms with Gasteiger partial charge in [0.15, 0.2) is 0 Å². The first-order valence-electron chi connectivity index (χ1n) is 11.0. The summed E-state index contributed by atoms with van der Waals surface area (Å²) in [5.74, 6) is 0.812. The van der Waals surface area contributed by atoms with Crippen LogP contribution in [0.3, 0.4) is 0 Å². The van der Waals surface area contributed by atoms with E-state index in [4.69, 9.17) is 18.9 Å². The van der Waals surface area contributed by atoms with Gasteiger partial charge in [0.1, 0.15) is 13.2 Å². The maximum absolute atomic E-state index is 11.6. The molecule has 1 fully saturated rings. The Bertz CT molecular complexity index is 391. The lowest BCUT2D eigenvalue weighted by atomic mass is 9.83. The standard InChI is InChI=1S/C22H40O6/c1-5-17(3)21(23)27-13-11-25-15-19-7-9-20(10-8-19)16-26-12-14-28-22(24)18(4)6-2/h17-20H,5-16H2,1-4H3. The second kappa shape index (κ2) is 14.8. The molecule has 1 rings (SSSR count). The fourth-order valence-corrected chi connectivity index (χ4v) is 3.09. The highest BCUT2D eigenvalue weighted by molar-refractivity contribution is 5.72. The number of rotatable bonds is 14. The molecule has 0 saturated heterocycles. The van der Waals surface area contributed by atoms with Crippen LogP contribution in [0.15, 0.2) is 0 Å². The summed E-state index contributed by atoms with van der Waals surface area (Å²) in [5.41, 5.74) is 0. The Morgan fingerprint density at radius 3 is 1.39 bits per heavy atom. The molecule has 0 heterocycles. The van der Waals surface area contributed by atoms with Crippen LogP contribution in [0.5, 0.6) is 0 Å². The lowest BCUT2D eigenvalue weighted by Gasteiger charge is -2.28. The first-order chi connectivity index (χ1) is 13.5. The van der Waals surface area contributed by atoms with Gasteiger partial charge >= 0.3 is 11.9 Å². The molecule has 164 valence electrons. The summed E-state index contributed by atoms with van der Waals surface area (Å²) >= 11 is 0. The van der Waals surface area contributed by atoms with Gasteiger partial charge in [-0.25, -0.2) is 0 Å². The van der Waals surface area contributed by atoms with Gasteiger partial charge in [0.25, 0.3) is 0 Å². The predicted molar refractivity (Wildman–Crippen MR) is 108 cm³/mol. The topological polar surface area (TPSA) is 71.1 Å². The Kier molecular flexibility index (Phi) is 13.2. The van der Waals surface area contributed by atoms with Gasteiger partial charge in [-0.05, 0) is 50.4 Å². The first kappa shape index (κ1) is 24.9. The second-order valence-corrected chi connectivity index (χ2v) is 7.99. The average molecular weight is 401 g/mol. The quantitative estimate of drug-likeness (QED) is 0.324. The zero-order valence-corrected chi connectivity index (χ0v) is 18.2. The maximum atomic E-state index is 11.6. The van der Waals surface area contributed by atoms with Crippen molar-refractivity contribution in [2.24, 2.45) is 23.7 Å². The third kappa shape index (κ3) is 10.4. The van der Waals surface area contributed by atoms with Gasteiger partial charge in [-0.2, -0.15) is 0 Å². The Morgan fingerprint density at radius 1 is 0.714 bits per heavy atom. The highest BCUT2D eigenvalue weighted by atomic mass is 16.6. The Hall–Kier alpha value is -1.14. The van der Waals surface area contributed by atoms with Gasteiger partial charge in [-0.1, -0.05) is 27.7 Å². The molecule has 0 amide bonds. The molecule has 2 atom stereocenters. The molecule has 0 N–H and O–H groups in total. The Morgan fingerprint density at radius 2 is 1.07 bits per heavy atom. The maximum Gasteiger partial charge on any atom is 0.308 e. The van der Waals surface area contributed by atoms with Crippen molar-refractivity contribution in [2.75, 3.05) is 39.6 Å². The molecule has 28 heavy (non-hydrogen) atoms. The zero-order chi connectivity index (χ0) is 20.8. The molecule has 0 bridgehead atoms. The molecule has 0 aromatic rings. The summed E-state index contributed by atoms with van der Waals surface area (Å²) in [6, 6.07) is 0. The van der Waals surface area contributed by atoms with E-state index in [2.05, 4.69) is 0 Å². The van der Waals surface area contributed by atoms with E-state index in [-0.39, 0.29) is 23.8 Å². The van der Waals surface area contributed by atoms with Gasteiger partial charge in [0.05, 0.1) is 25.0 Å². The highest BCUT2D eigenvalue weighted by Gasteiger charge is 2.21. The minimum Gasteiger partial charge on any atom is -0.463 e. The van der Waals surface area contributed by atoms with Crippen molar-refractivity contribution in [1.29, 1.82) is 0 Å². The van der Waals surface area contributed by atoms with Crippen LogP contribution in [0.4, 0.5) is 0 Å². The summed E-state index contributed by atoms with van der Waals surface area (Å²) in [6.45, 7) is 10.8. The average Bonchev–Trinajstić information content (AvgIpc) is 2.72. The third-order valence-corrected chi connectivity index (χ3v) is 5.65. The SMILES string of the molecule is CCC(C)C(=O)OCCOCC1CCC(COCCOC(=O)C(C)CC)CC1. The number of ether oxygens (including phenoxy) is 4. The Labute approximate surface area is 170 Å². The second-order valence-electron chi connectivity index (χ2n) is 7.99. The van der Waals surface area contributed by atoms with Crippen molar-refractivity contribution in [2.45, 2.75) is 66.2 Å². The zero-order valence-electron chi connectivity index (χ0n) is 18.2. The molecule has 0 aromatic heterocycles. The fraction of sp³-hybridized carbons (Fsp3) is 0.909. The molecule has 1 aliphatic rings. The summed E-state index contributed by atoms with van der Waals surface area (Å²) in [4.78, 5) is 23.1. The molecule has 0 radical (unpaired) electrons. The fourth-order valence-electron chi connectivity index (χ4n) is 3.09. The van der Waals surface area contributed by atoms with E-state index in [1.807, 2.05) is 27.7 Å². The normalized spacial score (nSPS) is 21.7. The van der Waals surface area contributed by atoms with E-state index in [9.17, 15) is 9.59 Å². The van der Waals surface area contributed by atoms with Gasteiger partial charge in [-0.15, -0.1) is 0 Å². The van der Waals surface area contributed by atoms with Crippen LogP contribution in [0.2, 0.25) is 0 Å². The molecule has 2 unspecified atom stereocenters. The molecule has 0 aromatic carbocycles. The van der Waals surface area contributed by atoms with E-state index in [1.54, 1.807) is 0 Å². The number of hydrogen-bond donors (Lipinski definition) is 0. The lowest BCUT2D eigenvalue weighted by molar-refractivity contribution is -0.150. The minimum absolute atomic E-state index is 0.0375. The monoisotopic (exact) mass is 400 g/mol. The molecular weight excluding hydrogens is 360 g/mol. The third-order valence-electron chi connectivity index (χ3n) is 5.65. The summed E-state index contributed by atoms with van der Waals surface area (Å²) in [7, 11) is 0. The summed E-state index contributed by atoms with van der Waals surface area (Å²) in [6.07, 6.45) is 6.17. The summed E-state index contributed by atoms with van der Waals surface area (Å²) < 4.78 is 21.7. The van der Waals surface area contributed by atoms with Crippen LogP contribution in [0.1, 0.15) is 66.2 Å². The molecule has 6 heteroatoms. The minimum atomic E-state index is -0.138. The first-order valence-corrected chi connectivity index (χ1v) is 11.0. The number of carbonyl (C=O) groups excluding carboxylic acids is 2. The lowest BCUT2D eigenvalue weighted by Crippen LogP contribution is -2.24. The molecule has 0 spiro atoms. The van der Waals surface area contributed by atoms with Crippen molar-refractivity contribution in [3.05, 3.63) is 0 Å². The van der Waals surface area contributed by atoms with Crippen LogP contribution in [-0.4, -0.2) is 51.6 Å². The van der Waals surface area contributed by atoms with E-state index in [0.717, 1.165) is 51.7 Å². The van der Waals surface area contributed by atoms with E-state index >= 15 is 0 Å². The van der Waals surface area contributed by atoms with Crippen LogP contribution >= 0.6 is 0 Å². The van der Waals surface area contributed by atoms with Crippen LogP contribution < -0.4 is 0 Å². The van der Waals surface area contributed by atoms with Gasteiger partial charge < -0.3 is 18.9 Å². The molecule has 0 aliphatic heterocycles. The number of hydrogen-bond acceptors (Lipinski definition) is 6. The molecular formula is C22H40O6. The van der Waals surface area contributed by atoms with Gasteiger partial charge in [0.2, 0.25) is 0 Å². The van der Waals surface area contributed by atoms with Crippen molar-refractivity contribution < 1.29 is 28.5 Å². The van der Waals surface area contributed by atoms with E-state index < -0.39 is 0 Å². The van der Waals surface area contributed by atoms with E-state index in [0.29, 0.717) is 38.3 Å². The van der Waals surface area contributed by atoms with Crippen molar-refractivity contribution in [3.8, 4) is 0 Å². The number of carbonyl (C=O) groups is 2. The smallest absolute Gasteiger partial charge is 0.308 e. The van der Waals surface area contributed by atoms with E-state index in [1.165, 1.54) is 0 Å². The van der Waals surface area contributed by atoms with Gasteiger partial charge in [-0.3, -0.25) is 9.59 Å². The Balaban J connectivity index is 1.98. The molecule has 6 nitrogen and oxygen atoms in total. The highest BCUT2D eigenvalue weighted by Crippen LogP contribution is 2.29. The van der Waals surface area contributed by atoms with Crippen LogP contribution in [-0.2, 0) is 28.5 Å². The van der Waals surface area contributed by atoms with Crippen molar-refractivity contribution in [3.63, 3.8) is 0 Å². The van der Waals surface area contributed by atoms with Gasteiger partial charge in [0, 0.05) is 13.2 Å². The number of esters is 2. The predicted octanol–water partition coefficient (Wildman–Crippen LogP) is 4.00. The van der Waals surface area contributed by atoms with Crippen molar-refractivity contribution >= 4 is 11.9 Å². The summed E-state index contributed by atoms with van der Waals surface area (Å²) in [5, 5.41) is 0. The van der Waals surface area contributed by atoms with Crippen LogP contribution in [0, 0.1) is 23.7 Å². The molecule has 1 aliphatic carbocycles. The van der Waals surface area contributed by atoms with Crippen LogP contribution in [0.25, 0.3) is 0 Å². The largest absolute Gasteiger partial charge is 0.463 e. The van der Waals surface area contributed by atoms with Crippen molar-refractivity contribution in [1.82, 2.24) is 0 Å².